The van der Waals surface area contributed by atoms with Gasteiger partial charge >= 0.3 is 0 Å². The van der Waals surface area contributed by atoms with Crippen LogP contribution in [-0.2, 0) is 10.5 Å². The summed E-state index contributed by atoms with van der Waals surface area (Å²) in [6, 6.07) is 11.8. The highest BCUT2D eigenvalue weighted by molar-refractivity contribution is 6.42. The van der Waals surface area contributed by atoms with Gasteiger partial charge in [-0.2, -0.15) is 0 Å². The van der Waals surface area contributed by atoms with Crippen molar-refractivity contribution in [3.8, 4) is 5.75 Å². The molecule has 5 nitrogen and oxygen atoms in total. The van der Waals surface area contributed by atoms with Crippen LogP contribution in [0.2, 0.25) is 10.0 Å². The van der Waals surface area contributed by atoms with Gasteiger partial charge in [0.05, 0.1) is 34.4 Å². The van der Waals surface area contributed by atoms with Crippen LogP contribution < -0.4 is 20.7 Å². The third-order valence-corrected chi connectivity index (χ3v) is 8.33. The van der Waals surface area contributed by atoms with Crippen molar-refractivity contribution in [2.75, 3.05) is 17.7 Å². The third-order valence-electron chi connectivity index (χ3n) is 7.59. The Bertz CT molecular complexity index is 1040. The lowest BCUT2D eigenvalue weighted by atomic mass is 9.68. The van der Waals surface area contributed by atoms with Crippen molar-refractivity contribution in [2.45, 2.75) is 63.1 Å². The summed E-state index contributed by atoms with van der Waals surface area (Å²) in [6.45, 7) is 0. The number of methoxy groups -OCH3 is 1. The molecule has 2 aromatic carbocycles. The summed E-state index contributed by atoms with van der Waals surface area (Å²) >= 11 is 12.7. The molecule has 176 valence electrons. The fourth-order valence-electron chi connectivity index (χ4n) is 5.61. The number of nitrogens with one attached hydrogen (secondary N) is 3. The van der Waals surface area contributed by atoms with E-state index in [1.807, 2.05) is 36.4 Å². The van der Waals surface area contributed by atoms with Crippen molar-refractivity contribution in [1.82, 2.24) is 5.32 Å². The quantitative estimate of drug-likeness (QED) is 0.431. The third kappa shape index (κ3) is 4.26. The van der Waals surface area contributed by atoms with Gasteiger partial charge in [-0.1, -0.05) is 55.0 Å². The van der Waals surface area contributed by atoms with Crippen LogP contribution in [0.3, 0.4) is 0 Å². The number of ether oxygens (including phenoxy) is 1. The molecule has 3 aliphatic rings. The molecule has 0 aromatic heterocycles. The molecule has 0 bridgehead atoms. The molecule has 2 aromatic rings. The van der Waals surface area contributed by atoms with Crippen molar-refractivity contribution in [1.29, 1.82) is 0 Å². The standard InChI is InChI=1S/C26H31Cl2N3O2/c1-33-19-11-13-22-23(15-19)31-26(30-22,17-10-12-20(27)21(28)14-17)24(16-6-5-7-16)25(32)29-18-8-3-2-4-9-18/h10-16,18,24,30-31H,2-9H2,1H3,(H,29,32). The highest BCUT2D eigenvalue weighted by atomic mass is 35.5. The summed E-state index contributed by atoms with van der Waals surface area (Å²) in [6.07, 6.45) is 8.95. The van der Waals surface area contributed by atoms with Crippen molar-refractivity contribution in [3.05, 3.63) is 52.0 Å². The highest BCUT2D eigenvalue weighted by Gasteiger charge is 2.53. The maximum absolute atomic E-state index is 14.0. The molecule has 2 fully saturated rings. The van der Waals surface area contributed by atoms with Crippen molar-refractivity contribution in [2.24, 2.45) is 11.8 Å². The molecule has 5 rings (SSSR count). The number of benzene rings is 2. The molecule has 0 saturated heterocycles. The van der Waals surface area contributed by atoms with Gasteiger partial charge in [0.25, 0.3) is 0 Å². The lowest BCUT2D eigenvalue weighted by Crippen LogP contribution is -2.57. The summed E-state index contributed by atoms with van der Waals surface area (Å²) in [5, 5.41) is 11.8. The predicted octanol–water partition coefficient (Wildman–Crippen LogP) is 6.56. The smallest absolute Gasteiger partial charge is 0.228 e. The minimum absolute atomic E-state index is 0.109. The van der Waals surface area contributed by atoms with Gasteiger partial charge in [-0.3, -0.25) is 4.79 Å². The van der Waals surface area contributed by atoms with E-state index in [-0.39, 0.29) is 23.8 Å². The van der Waals surface area contributed by atoms with Gasteiger partial charge in [0.1, 0.15) is 11.4 Å². The average molecular weight is 488 g/mol. The Hall–Kier alpha value is -2.11. The number of carbonyl (C=O) groups excluding carboxylic acids is 1. The minimum Gasteiger partial charge on any atom is -0.497 e. The molecular weight excluding hydrogens is 457 g/mol. The molecule has 2 atom stereocenters. The number of fused-ring (bicyclic) bond motifs is 1. The first-order valence-electron chi connectivity index (χ1n) is 12.0. The zero-order chi connectivity index (χ0) is 23.0. The Morgan fingerprint density at radius 2 is 1.73 bits per heavy atom. The largest absolute Gasteiger partial charge is 0.497 e. The first kappa shape index (κ1) is 22.7. The summed E-state index contributed by atoms with van der Waals surface area (Å²) in [5.41, 5.74) is 1.93. The summed E-state index contributed by atoms with van der Waals surface area (Å²) in [4.78, 5) is 14.0. The fraction of sp³-hybridized carbons (Fsp3) is 0.500. The Morgan fingerprint density at radius 1 is 0.970 bits per heavy atom. The van der Waals surface area contributed by atoms with E-state index >= 15 is 0 Å². The van der Waals surface area contributed by atoms with E-state index in [4.69, 9.17) is 27.9 Å². The van der Waals surface area contributed by atoms with E-state index in [0.717, 1.165) is 54.8 Å². The normalized spacial score (nSPS) is 23.6. The Labute approximate surface area is 205 Å². The number of rotatable bonds is 6. The van der Waals surface area contributed by atoms with Crippen LogP contribution >= 0.6 is 23.2 Å². The zero-order valence-electron chi connectivity index (χ0n) is 18.9. The van der Waals surface area contributed by atoms with Gasteiger partial charge in [0.2, 0.25) is 5.91 Å². The van der Waals surface area contributed by atoms with Crippen LogP contribution in [0.5, 0.6) is 5.75 Å². The number of hydrogen-bond acceptors (Lipinski definition) is 4. The second kappa shape index (κ2) is 9.27. The second-order valence-corrected chi connectivity index (χ2v) is 10.4. The lowest BCUT2D eigenvalue weighted by Gasteiger charge is -2.45. The predicted molar refractivity (Wildman–Crippen MR) is 134 cm³/mol. The van der Waals surface area contributed by atoms with Crippen LogP contribution in [0.1, 0.15) is 56.9 Å². The molecule has 3 N–H and O–H groups in total. The molecule has 0 radical (unpaired) electrons. The lowest BCUT2D eigenvalue weighted by molar-refractivity contribution is -0.131. The van der Waals surface area contributed by atoms with Gasteiger partial charge in [0, 0.05) is 12.1 Å². The van der Waals surface area contributed by atoms with Gasteiger partial charge in [-0.15, -0.1) is 0 Å². The Morgan fingerprint density at radius 3 is 2.39 bits per heavy atom. The van der Waals surface area contributed by atoms with E-state index in [1.54, 1.807) is 7.11 Å². The van der Waals surface area contributed by atoms with E-state index in [1.165, 1.54) is 19.3 Å². The molecule has 0 spiro atoms. The summed E-state index contributed by atoms with van der Waals surface area (Å²) in [5.74, 6) is 0.848. The van der Waals surface area contributed by atoms with Gasteiger partial charge in [-0.25, -0.2) is 0 Å². The number of amides is 1. The van der Waals surface area contributed by atoms with Crippen LogP contribution in [0.15, 0.2) is 36.4 Å². The van der Waals surface area contributed by atoms with Gasteiger partial charge in [0.15, 0.2) is 0 Å². The molecule has 1 aliphatic heterocycles. The topological polar surface area (TPSA) is 62.4 Å². The van der Waals surface area contributed by atoms with E-state index < -0.39 is 5.66 Å². The van der Waals surface area contributed by atoms with Crippen LogP contribution in [-0.4, -0.2) is 19.1 Å². The maximum atomic E-state index is 14.0. The Kier molecular flexibility index (Phi) is 6.37. The summed E-state index contributed by atoms with van der Waals surface area (Å²) < 4.78 is 5.45. The average Bonchev–Trinajstić information content (AvgIpc) is 3.17. The van der Waals surface area contributed by atoms with E-state index in [2.05, 4.69) is 16.0 Å². The van der Waals surface area contributed by atoms with Crippen LogP contribution in [0.4, 0.5) is 11.4 Å². The SMILES string of the molecule is COc1ccc2c(c1)NC(c1ccc(Cl)c(Cl)c1)(C(C(=O)NC1CCCCC1)C1CCC1)N2. The monoisotopic (exact) mass is 487 g/mol. The van der Waals surface area contributed by atoms with Gasteiger partial charge in [-0.05, 0) is 61.4 Å². The maximum Gasteiger partial charge on any atom is 0.228 e. The summed E-state index contributed by atoms with van der Waals surface area (Å²) in [7, 11) is 1.66. The second-order valence-electron chi connectivity index (χ2n) is 9.61. The Balaban J connectivity index is 1.57. The fourth-order valence-corrected chi connectivity index (χ4v) is 5.91. The number of anilines is 2. The molecule has 2 aliphatic carbocycles. The molecular formula is C26H31Cl2N3O2. The van der Waals surface area contributed by atoms with Crippen molar-refractivity contribution >= 4 is 40.5 Å². The first-order chi connectivity index (χ1) is 16.0. The van der Waals surface area contributed by atoms with Gasteiger partial charge < -0.3 is 20.7 Å². The van der Waals surface area contributed by atoms with Crippen molar-refractivity contribution < 1.29 is 9.53 Å². The molecule has 1 amide bonds. The minimum atomic E-state index is -0.827. The molecule has 2 unspecified atom stereocenters. The van der Waals surface area contributed by atoms with Crippen molar-refractivity contribution in [3.63, 3.8) is 0 Å². The van der Waals surface area contributed by atoms with Crippen LogP contribution in [0, 0.1) is 11.8 Å². The van der Waals surface area contributed by atoms with Crippen LogP contribution in [0.25, 0.3) is 0 Å². The zero-order valence-corrected chi connectivity index (χ0v) is 20.4. The number of halogens is 2. The molecule has 1 heterocycles. The molecule has 33 heavy (non-hydrogen) atoms. The van der Waals surface area contributed by atoms with E-state index in [0.29, 0.717) is 10.0 Å². The first-order valence-corrected chi connectivity index (χ1v) is 12.8. The number of carbonyl (C=O) groups is 1. The molecule has 2 saturated carbocycles. The van der Waals surface area contributed by atoms with E-state index in [9.17, 15) is 4.79 Å². The molecule has 7 heteroatoms. The number of hydrogen-bond donors (Lipinski definition) is 3. The highest BCUT2D eigenvalue weighted by Crippen LogP contribution is 2.51.